The highest BCUT2D eigenvalue weighted by atomic mass is 16.5. The van der Waals surface area contributed by atoms with Gasteiger partial charge >= 0.3 is 0 Å². The molecule has 1 atom stereocenters. The van der Waals surface area contributed by atoms with Gasteiger partial charge in [0.05, 0.1) is 17.3 Å². The van der Waals surface area contributed by atoms with Crippen molar-refractivity contribution in [2.45, 2.75) is 26.8 Å². The van der Waals surface area contributed by atoms with Crippen molar-refractivity contribution in [1.82, 2.24) is 0 Å². The maximum absolute atomic E-state index is 6.23. The molecule has 3 aromatic carbocycles. The van der Waals surface area contributed by atoms with Crippen LogP contribution >= 0.6 is 0 Å². The van der Waals surface area contributed by atoms with E-state index >= 15 is 0 Å². The van der Waals surface area contributed by atoms with E-state index < -0.39 is 0 Å². The van der Waals surface area contributed by atoms with Crippen LogP contribution in [0.15, 0.2) is 77.8 Å². The van der Waals surface area contributed by atoms with Gasteiger partial charge in [-0.3, -0.25) is 0 Å². The molecule has 1 aliphatic rings. The minimum Gasteiger partial charge on any atom is -0.475 e. The van der Waals surface area contributed by atoms with Crippen molar-refractivity contribution >= 4 is 23.0 Å². The molecule has 148 valence electrons. The van der Waals surface area contributed by atoms with E-state index in [2.05, 4.69) is 44.3 Å². The van der Waals surface area contributed by atoms with Crippen molar-refractivity contribution in [1.29, 1.82) is 0 Å². The van der Waals surface area contributed by atoms with Gasteiger partial charge in [0, 0.05) is 22.5 Å². The molecular weight excluding hydrogens is 358 g/mol. The molecule has 0 saturated heterocycles. The molecule has 0 bridgehead atoms. The second-order valence-corrected chi connectivity index (χ2v) is 8.43. The second kappa shape index (κ2) is 7.63. The predicted octanol–water partition coefficient (Wildman–Crippen LogP) is 5.87. The smallest absolute Gasteiger partial charge is 0.218 e. The van der Waals surface area contributed by atoms with Crippen LogP contribution < -0.4 is 11.1 Å². The Hall–Kier alpha value is -3.27. The van der Waals surface area contributed by atoms with Crippen LogP contribution in [0.3, 0.4) is 0 Å². The lowest BCUT2D eigenvalue weighted by Gasteiger charge is -2.21. The Bertz CT molecular complexity index is 1050. The molecule has 0 aliphatic carbocycles. The van der Waals surface area contributed by atoms with Crippen LogP contribution in [0.1, 0.15) is 26.3 Å². The molecule has 0 radical (unpaired) electrons. The van der Waals surface area contributed by atoms with E-state index in [1.807, 2.05) is 54.6 Å². The molecule has 4 heteroatoms. The molecule has 1 heterocycles. The van der Waals surface area contributed by atoms with Crippen molar-refractivity contribution in [2.75, 3.05) is 17.7 Å². The van der Waals surface area contributed by atoms with Crippen molar-refractivity contribution < 1.29 is 4.74 Å². The van der Waals surface area contributed by atoms with Crippen molar-refractivity contribution in [2.24, 2.45) is 10.4 Å². The number of nitrogen functional groups attached to an aromatic ring is 1. The molecular formula is C25H27N3O. The summed E-state index contributed by atoms with van der Waals surface area (Å²) in [5.74, 6) is 0.699. The van der Waals surface area contributed by atoms with Crippen LogP contribution in [0.25, 0.3) is 11.1 Å². The first-order valence-electron chi connectivity index (χ1n) is 9.94. The number of rotatable bonds is 4. The first kappa shape index (κ1) is 19.1. The third kappa shape index (κ3) is 3.97. The molecule has 0 saturated carbocycles. The van der Waals surface area contributed by atoms with Crippen LogP contribution in [-0.4, -0.2) is 18.5 Å². The maximum atomic E-state index is 6.23. The molecule has 1 aliphatic heterocycles. The summed E-state index contributed by atoms with van der Waals surface area (Å²) in [4.78, 5) is 4.86. The van der Waals surface area contributed by atoms with Crippen molar-refractivity contribution in [3.8, 4) is 11.1 Å². The number of nitrogens with zero attached hydrogens (tertiary/aromatic N) is 1. The van der Waals surface area contributed by atoms with Gasteiger partial charge in [0.2, 0.25) is 5.90 Å². The van der Waals surface area contributed by atoms with E-state index in [-0.39, 0.29) is 11.5 Å². The third-order valence-electron chi connectivity index (χ3n) is 5.26. The summed E-state index contributed by atoms with van der Waals surface area (Å²) in [5, 5.41) is 3.58. The van der Waals surface area contributed by atoms with Crippen LogP contribution in [-0.2, 0) is 4.74 Å². The third-order valence-corrected chi connectivity index (χ3v) is 5.26. The largest absolute Gasteiger partial charge is 0.475 e. The zero-order valence-electron chi connectivity index (χ0n) is 17.1. The highest BCUT2D eigenvalue weighted by molar-refractivity contribution is 6.01. The molecule has 0 unspecified atom stereocenters. The average molecular weight is 386 g/mol. The Morgan fingerprint density at radius 3 is 2.00 bits per heavy atom. The van der Waals surface area contributed by atoms with Gasteiger partial charge in [-0.2, -0.15) is 0 Å². The molecule has 29 heavy (non-hydrogen) atoms. The summed E-state index contributed by atoms with van der Waals surface area (Å²) in [5.41, 5.74) is 12.0. The summed E-state index contributed by atoms with van der Waals surface area (Å²) in [7, 11) is 0. The van der Waals surface area contributed by atoms with E-state index in [0.29, 0.717) is 12.5 Å². The van der Waals surface area contributed by atoms with E-state index in [1.54, 1.807) is 0 Å². The number of benzene rings is 3. The van der Waals surface area contributed by atoms with Crippen molar-refractivity contribution in [3.63, 3.8) is 0 Å². The highest BCUT2D eigenvalue weighted by Crippen LogP contribution is 2.35. The SMILES string of the molecule is CC(C)(C)[C@H]1COC(c2ccccc2Nc2ccccc2-c2ccccc2N)=N1. The molecule has 4 rings (SSSR count). The lowest BCUT2D eigenvalue weighted by Crippen LogP contribution is -2.25. The Kier molecular flexibility index (Phi) is 5.01. The molecule has 0 spiro atoms. The molecule has 0 aromatic heterocycles. The lowest BCUT2D eigenvalue weighted by atomic mass is 9.88. The first-order chi connectivity index (χ1) is 13.9. The first-order valence-corrected chi connectivity index (χ1v) is 9.94. The van der Waals surface area contributed by atoms with Crippen LogP contribution in [0.4, 0.5) is 17.1 Å². The molecule has 3 aromatic rings. The summed E-state index contributed by atoms with van der Waals surface area (Å²) in [6, 6.07) is 24.4. The highest BCUT2D eigenvalue weighted by Gasteiger charge is 2.31. The number of ether oxygens (including phenoxy) is 1. The number of nitrogens with two attached hydrogens (primary N) is 1. The molecule has 0 fully saturated rings. The van der Waals surface area contributed by atoms with Crippen LogP contribution in [0, 0.1) is 5.41 Å². The summed E-state index contributed by atoms with van der Waals surface area (Å²) >= 11 is 0. The lowest BCUT2D eigenvalue weighted by molar-refractivity contribution is 0.236. The molecule has 4 nitrogen and oxygen atoms in total. The van der Waals surface area contributed by atoms with E-state index in [1.165, 1.54) is 0 Å². The fourth-order valence-corrected chi connectivity index (χ4v) is 3.46. The van der Waals surface area contributed by atoms with Gasteiger partial charge in [-0.05, 0) is 29.7 Å². The zero-order chi connectivity index (χ0) is 20.4. The summed E-state index contributed by atoms with van der Waals surface area (Å²) < 4.78 is 5.98. The van der Waals surface area contributed by atoms with Gasteiger partial charge in [0.1, 0.15) is 6.61 Å². The van der Waals surface area contributed by atoms with Gasteiger partial charge in [0.15, 0.2) is 0 Å². The minimum atomic E-state index is 0.0710. The molecule has 3 N–H and O–H groups in total. The van der Waals surface area contributed by atoms with Gasteiger partial charge in [0.25, 0.3) is 0 Å². The van der Waals surface area contributed by atoms with E-state index in [0.717, 1.165) is 33.8 Å². The number of hydrogen-bond donors (Lipinski definition) is 2. The molecule has 0 amide bonds. The zero-order valence-corrected chi connectivity index (χ0v) is 17.1. The number of aliphatic imine (C=N–C) groups is 1. The fraction of sp³-hybridized carbons (Fsp3) is 0.240. The summed E-state index contributed by atoms with van der Waals surface area (Å²) in [6.45, 7) is 7.19. The number of para-hydroxylation sites is 3. The maximum Gasteiger partial charge on any atom is 0.218 e. The Balaban J connectivity index is 1.71. The number of nitrogens with one attached hydrogen (secondary N) is 1. The number of hydrogen-bond acceptors (Lipinski definition) is 4. The van der Waals surface area contributed by atoms with Crippen LogP contribution in [0.5, 0.6) is 0 Å². The van der Waals surface area contributed by atoms with Gasteiger partial charge in [-0.15, -0.1) is 0 Å². The Morgan fingerprint density at radius 1 is 0.828 bits per heavy atom. The average Bonchev–Trinajstić information content (AvgIpc) is 3.20. The number of anilines is 3. The summed E-state index contributed by atoms with van der Waals surface area (Å²) in [6.07, 6.45) is 0. The van der Waals surface area contributed by atoms with Gasteiger partial charge in [-0.25, -0.2) is 4.99 Å². The quantitative estimate of drug-likeness (QED) is 0.552. The monoisotopic (exact) mass is 385 g/mol. The predicted molar refractivity (Wildman–Crippen MR) is 122 cm³/mol. The standard InChI is InChI=1S/C25H27N3O/c1-25(2,3)23-16-29-24(28-23)19-12-6-9-15-22(19)27-21-14-8-5-11-18(21)17-10-4-7-13-20(17)26/h4-15,23,27H,16,26H2,1-3H3/t23-/m1/s1. The Morgan fingerprint density at radius 2 is 1.38 bits per heavy atom. The van der Waals surface area contributed by atoms with Gasteiger partial charge < -0.3 is 15.8 Å². The van der Waals surface area contributed by atoms with Crippen molar-refractivity contribution in [3.05, 3.63) is 78.4 Å². The van der Waals surface area contributed by atoms with Crippen LogP contribution in [0.2, 0.25) is 0 Å². The normalized spacial score (nSPS) is 16.2. The fourth-order valence-electron chi connectivity index (χ4n) is 3.46. The Labute approximate surface area is 172 Å². The topological polar surface area (TPSA) is 59.6 Å². The van der Waals surface area contributed by atoms with Gasteiger partial charge in [-0.1, -0.05) is 69.3 Å². The second-order valence-electron chi connectivity index (χ2n) is 8.43. The van der Waals surface area contributed by atoms with E-state index in [4.69, 9.17) is 15.5 Å². The van der Waals surface area contributed by atoms with E-state index in [9.17, 15) is 0 Å². The minimum absolute atomic E-state index is 0.0710.